The van der Waals surface area contributed by atoms with Crippen molar-refractivity contribution in [1.82, 2.24) is 15.5 Å². The summed E-state index contributed by atoms with van der Waals surface area (Å²) in [6, 6.07) is 6.30. The normalized spacial score (nSPS) is 14.7. The maximum atomic E-state index is 12.4. The molecule has 4 amide bonds. The number of carbonyl (C=O) groups is 4. The Kier molecular flexibility index (Phi) is 6.27. The van der Waals surface area contributed by atoms with Crippen molar-refractivity contribution in [2.75, 3.05) is 13.1 Å². The van der Waals surface area contributed by atoms with Crippen LogP contribution in [0.4, 0.5) is 0 Å². The topological polar surface area (TPSA) is 95.6 Å². The number of hydrogen-bond acceptors (Lipinski definition) is 4. The lowest BCUT2D eigenvalue weighted by Gasteiger charge is -2.26. The first kappa shape index (κ1) is 18.6. The Morgan fingerprint density at radius 3 is 2.68 bits per heavy atom. The quantitative estimate of drug-likeness (QED) is 0.709. The monoisotopic (exact) mass is 345 g/mol. The van der Waals surface area contributed by atoms with Crippen LogP contribution in [0.5, 0.6) is 0 Å². The molecule has 0 aliphatic carbocycles. The van der Waals surface area contributed by atoms with E-state index in [0.717, 1.165) is 11.3 Å². The van der Waals surface area contributed by atoms with Gasteiger partial charge >= 0.3 is 0 Å². The molecular formula is C18H23N3O4. The van der Waals surface area contributed by atoms with Crippen LogP contribution >= 0.6 is 0 Å². The summed E-state index contributed by atoms with van der Waals surface area (Å²) >= 11 is 0. The molecule has 1 aromatic carbocycles. The van der Waals surface area contributed by atoms with Gasteiger partial charge in [-0.05, 0) is 25.0 Å². The fourth-order valence-electron chi connectivity index (χ4n) is 2.62. The molecule has 134 valence electrons. The van der Waals surface area contributed by atoms with Crippen LogP contribution in [0.2, 0.25) is 0 Å². The highest BCUT2D eigenvalue weighted by Gasteiger charge is 2.30. The first-order valence-electron chi connectivity index (χ1n) is 8.43. The average Bonchev–Trinajstić information content (AvgIpc) is 2.59. The lowest BCUT2D eigenvalue weighted by Crippen LogP contribution is -2.47. The number of amides is 4. The summed E-state index contributed by atoms with van der Waals surface area (Å²) in [5.41, 5.74) is 1.20. The molecule has 0 unspecified atom stereocenters. The predicted octanol–water partition coefficient (Wildman–Crippen LogP) is 0.633. The zero-order valence-corrected chi connectivity index (χ0v) is 14.5. The molecule has 7 nitrogen and oxygen atoms in total. The molecule has 0 saturated carbocycles. The van der Waals surface area contributed by atoms with Crippen LogP contribution in [0.15, 0.2) is 24.3 Å². The van der Waals surface area contributed by atoms with E-state index in [1.807, 2.05) is 6.92 Å². The van der Waals surface area contributed by atoms with Crippen molar-refractivity contribution in [3.63, 3.8) is 0 Å². The van der Waals surface area contributed by atoms with Crippen molar-refractivity contribution in [2.45, 2.75) is 39.2 Å². The predicted molar refractivity (Wildman–Crippen MR) is 91.7 cm³/mol. The van der Waals surface area contributed by atoms with Gasteiger partial charge in [0.15, 0.2) is 0 Å². The third-order valence-corrected chi connectivity index (χ3v) is 4.02. The van der Waals surface area contributed by atoms with E-state index >= 15 is 0 Å². The third kappa shape index (κ3) is 4.65. The molecule has 0 radical (unpaired) electrons. The van der Waals surface area contributed by atoms with E-state index in [9.17, 15) is 19.2 Å². The van der Waals surface area contributed by atoms with Crippen LogP contribution in [0.25, 0.3) is 0 Å². The number of nitrogens with zero attached hydrogens (tertiary/aromatic N) is 1. The Balaban J connectivity index is 1.88. The highest BCUT2D eigenvalue weighted by Crippen LogP contribution is 2.19. The lowest BCUT2D eigenvalue weighted by atomic mass is 9.98. The molecular weight excluding hydrogens is 322 g/mol. The van der Waals surface area contributed by atoms with Gasteiger partial charge in [0.25, 0.3) is 5.91 Å². The first-order valence-corrected chi connectivity index (χ1v) is 8.43. The zero-order chi connectivity index (χ0) is 18.4. The minimum absolute atomic E-state index is 0.00112. The summed E-state index contributed by atoms with van der Waals surface area (Å²) in [7, 11) is 0. The molecule has 25 heavy (non-hydrogen) atoms. The summed E-state index contributed by atoms with van der Waals surface area (Å²) in [5, 5.41) is 5.27. The average molecular weight is 345 g/mol. The van der Waals surface area contributed by atoms with Gasteiger partial charge in [-0.2, -0.15) is 0 Å². The SMILES string of the molecule is CCCNC(=O)[C@@H](C)NC(=O)CCN1C(=O)Cc2ccccc2C1=O. The molecule has 1 aromatic rings. The van der Waals surface area contributed by atoms with Crippen molar-refractivity contribution in [1.29, 1.82) is 0 Å². The molecule has 0 spiro atoms. The maximum Gasteiger partial charge on any atom is 0.260 e. The number of nitrogens with one attached hydrogen (secondary N) is 2. The van der Waals surface area contributed by atoms with E-state index in [4.69, 9.17) is 0 Å². The van der Waals surface area contributed by atoms with Crippen LogP contribution in [0.3, 0.4) is 0 Å². The van der Waals surface area contributed by atoms with Gasteiger partial charge in [0, 0.05) is 25.1 Å². The molecule has 0 aromatic heterocycles. The molecule has 1 atom stereocenters. The van der Waals surface area contributed by atoms with Gasteiger partial charge in [0.2, 0.25) is 17.7 Å². The molecule has 0 saturated heterocycles. The number of carbonyl (C=O) groups excluding carboxylic acids is 4. The Morgan fingerprint density at radius 1 is 1.24 bits per heavy atom. The largest absolute Gasteiger partial charge is 0.354 e. The fraction of sp³-hybridized carbons (Fsp3) is 0.444. The van der Waals surface area contributed by atoms with Gasteiger partial charge in [-0.3, -0.25) is 24.1 Å². The molecule has 0 bridgehead atoms. The second-order valence-electron chi connectivity index (χ2n) is 6.01. The summed E-state index contributed by atoms with van der Waals surface area (Å²) in [6.45, 7) is 4.08. The molecule has 1 aliphatic rings. The van der Waals surface area contributed by atoms with Crippen LogP contribution in [-0.2, 0) is 20.8 Å². The van der Waals surface area contributed by atoms with Gasteiger partial charge in [-0.1, -0.05) is 25.1 Å². The van der Waals surface area contributed by atoms with Crippen molar-refractivity contribution >= 4 is 23.6 Å². The second kappa shape index (κ2) is 8.41. The number of hydrogen-bond donors (Lipinski definition) is 2. The van der Waals surface area contributed by atoms with Gasteiger partial charge < -0.3 is 10.6 Å². The van der Waals surface area contributed by atoms with Crippen molar-refractivity contribution < 1.29 is 19.2 Å². The minimum atomic E-state index is -0.660. The van der Waals surface area contributed by atoms with Gasteiger partial charge in [-0.15, -0.1) is 0 Å². The summed E-state index contributed by atoms with van der Waals surface area (Å²) in [4.78, 5) is 49.4. The molecule has 1 heterocycles. The van der Waals surface area contributed by atoms with E-state index in [-0.39, 0.29) is 43.0 Å². The summed E-state index contributed by atoms with van der Waals surface area (Å²) in [5.74, 6) is -1.33. The Labute approximate surface area is 146 Å². The van der Waals surface area contributed by atoms with Crippen LogP contribution in [-0.4, -0.2) is 47.7 Å². The Hall–Kier alpha value is -2.70. The number of fused-ring (bicyclic) bond motifs is 1. The van der Waals surface area contributed by atoms with Crippen LogP contribution in [0.1, 0.15) is 42.6 Å². The Morgan fingerprint density at radius 2 is 1.96 bits per heavy atom. The summed E-state index contributed by atoms with van der Waals surface area (Å²) < 4.78 is 0. The molecule has 2 N–H and O–H groups in total. The second-order valence-corrected chi connectivity index (χ2v) is 6.01. The van der Waals surface area contributed by atoms with Gasteiger partial charge in [-0.25, -0.2) is 0 Å². The van der Waals surface area contributed by atoms with E-state index in [1.165, 1.54) is 0 Å². The van der Waals surface area contributed by atoms with E-state index in [1.54, 1.807) is 31.2 Å². The van der Waals surface area contributed by atoms with Crippen molar-refractivity contribution in [3.8, 4) is 0 Å². The summed E-state index contributed by atoms with van der Waals surface area (Å²) in [6.07, 6.45) is 0.928. The standard InChI is InChI=1S/C18H23N3O4/c1-3-9-19-17(24)12(2)20-15(22)8-10-21-16(23)11-13-6-4-5-7-14(13)18(21)25/h4-7,12H,3,8-11H2,1-2H3,(H,19,24)(H,20,22)/t12-/m1/s1. The number of rotatable bonds is 7. The third-order valence-electron chi connectivity index (χ3n) is 4.02. The Bertz CT molecular complexity index is 687. The highest BCUT2D eigenvalue weighted by atomic mass is 16.2. The smallest absolute Gasteiger partial charge is 0.260 e. The molecule has 1 aliphatic heterocycles. The van der Waals surface area contributed by atoms with Gasteiger partial charge in [0.1, 0.15) is 6.04 Å². The van der Waals surface area contributed by atoms with Gasteiger partial charge in [0.05, 0.1) is 6.42 Å². The first-order chi connectivity index (χ1) is 11.9. The number of benzene rings is 1. The van der Waals surface area contributed by atoms with Crippen LogP contribution < -0.4 is 10.6 Å². The van der Waals surface area contributed by atoms with E-state index < -0.39 is 6.04 Å². The molecule has 7 heteroatoms. The van der Waals surface area contributed by atoms with E-state index in [2.05, 4.69) is 10.6 Å². The number of imide groups is 1. The van der Waals surface area contributed by atoms with E-state index in [0.29, 0.717) is 17.7 Å². The van der Waals surface area contributed by atoms with Crippen molar-refractivity contribution in [2.24, 2.45) is 0 Å². The minimum Gasteiger partial charge on any atom is -0.354 e. The zero-order valence-electron chi connectivity index (χ0n) is 14.5. The molecule has 2 rings (SSSR count). The fourth-order valence-corrected chi connectivity index (χ4v) is 2.62. The lowest BCUT2D eigenvalue weighted by molar-refractivity contribution is -0.131. The van der Waals surface area contributed by atoms with Crippen molar-refractivity contribution in [3.05, 3.63) is 35.4 Å². The van der Waals surface area contributed by atoms with Crippen LogP contribution in [0, 0.1) is 0 Å². The maximum absolute atomic E-state index is 12.4. The molecule has 0 fully saturated rings. The highest BCUT2D eigenvalue weighted by molar-refractivity contribution is 6.09.